The van der Waals surface area contributed by atoms with E-state index >= 15 is 0 Å². The molecule has 0 aliphatic rings. The molecule has 0 heterocycles. The minimum atomic E-state index is -0.302. The molecule has 0 spiro atoms. The molecular formula is C24H23BrN2O3. The van der Waals surface area contributed by atoms with Gasteiger partial charge in [-0.1, -0.05) is 47.1 Å². The van der Waals surface area contributed by atoms with E-state index in [2.05, 4.69) is 21.2 Å². The van der Waals surface area contributed by atoms with E-state index < -0.39 is 0 Å². The molecule has 0 bridgehead atoms. The van der Waals surface area contributed by atoms with E-state index in [1.54, 1.807) is 48.3 Å². The number of hydrogen-bond acceptors (Lipinski definition) is 3. The molecule has 0 fully saturated rings. The molecule has 3 aromatic rings. The molecule has 0 aromatic heterocycles. The van der Waals surface area contributed by atoms with E-state index in [9.17, 15) is 9.59 Å². The Balaban J connectivity index is 1.79. The maximum atomic E-state index is 12.9. The molecule has 2 amide bonds. The third-order valence-electron chi connectivity index (χ3n) is 4.46. The number of carbonyl (C=O) groups excluding carboxylic acids is 2. The van der Waals surface area contributed by atoms with E-state index in [1.807, 2.05) is 43.3 Å². The Labute approximate surface area is 184 Å². The quantitative estimate of drug-likeness (QED) is 0.480. The third-order valence-corrected chi connectivity index (χ3v) is 4.96. The van der Waals surface area contributed by atoms with Crippen LogP contribution in [-0.4, -0.2) is 25.5 Å². The number of halogens is 1. The fraction of sp³-hybridized carbons (Fsp3) is 0.167. The van der Waals surface area contributed by atoms with Crippen molar-refractivity contribution in [2.45, 2.75) is 13.3 Å². The minimum absolute atomic E-state index is 0.160. The Kier molecular flexibility index (Phi) is 7.25. The molecule has 3 aromatic carbocycles. The molecule has 154 valence electrons. The fourth-order valence-corrected chi connectivity index (χ4v) is 3.27. The predicted molar refractivity (Wildman–Crippen MR) is 123 cm³/mol. The normalized spacial score (nSPS) is 10.4. The van der Waals surface area contributed by atoms with Crippen molar-refractivity contribution in [3.8, 4) is 5.75 Å². The zero-order valence-electron chi connectivity index (χ0n) is 16.9. The first-order chi connectivity index (χ1) is 14.5. The maximum absolute atomic E-state index is 12.9. The Morgan fingerprint density at radius 3 is 2.50 bits per heavy atom. The average Bonchev–Trinajstić information content (AvgIpc) is 2.78. The van der Waals surface area contributed by atoms with E-state index in [-0.39, 0.29) is 11.8 Å². The van der Waals surface area contributed by atoms with Crippen molar-refractivity contribution in [2.24, 2.45) is 0 Å². The molecule has 3 rings (SSSR count). The highest BCUT2D eigenvalue weighted by Crippen LogP contribution is 2.25. The second kappa shape index (κ2) is 10.1. The predicted octanol–water partition coefficient (Wildman–Crippen LogP) is 5.77. The lowest BCUT2D eigenvalue weighted by atomic mass is 10.1. The SMILES string of the molecule is CCCOc1ccc(Br)cc1C(=O)Nc1cccc(C(=O)N(C)c2ccccc2)c1. The van der Waals surface area contributed by atoms with Crippen LogP contribution < -0.4 is 15.0 Å². The van der Waals surface area contributed by atoms with E-state index in [4.69, 9.17) is 4.74 Å². The summed E-state index contributed by atoms with van der Waals surface area (Å²) < 4.78 is 6.48. The fourth-order valence-electron chi connectivity index (χ4n) is 2.91. The first-order valence-electron chi connectivity index (χ1n) is 9.66. The van der Waals surface area contributed by atoms with Gasteiger partial charge in [-0.05, 0) is 55.0 Å². The van der Waals surface area contributed by atoms with Gasteiger partial charge in [-0.15, -0.1) is 0 Å². The molecule has 1 N–H and O–H groups in total. The summed E-state index contributed by atoms with van der Waals surface area (Å²) in [5.74, 6) is 0.0590. The van der Waals surface area contributed by atoms with E-state index in [0.717, 1.165) is 16.6 Å². The Hall–Kier alpha value is -3.12. The van der Waals surface area contributed by atoms with Crippen LogP contribution in [-0.2, 0) is 0 Å². The summed E-state index contributed by atoms with van der Waals surface area (Å²) in [4.78, 5) is 27.3. The number of nitrogens with zero attached hydrogens (tertiary/aromatic N) is 1. The number of ether oxygens (including phenoxy) is 1. The van der Waals surface area contributed by atoms with Crippen LogP contribution in [0.2, 0.25) is 0 Å². The molecule has 0 atom stereocenters. The molecule has 0 saturated carbocycles. The zero-order valence-corrected chi connectivity index (χ0v) is 18.5. The van der Waals surface area contributed by atoms with Gasteiger partial charge in [0.25, 0.3) is 11.8 Å². The largest absolute Gasteiger partial charge is 0.493 e. The van der Waals surface area contributed by atoms with Crippen LogP contribution in [0.5, 0.6) is 5.75 Å². The van der Waals surface area contributed by atoms with Gasteiger partial charge in [-0.3, -0.25) is 9.59 Å². The van der Waals surface area contributed by atoms with Gasteiger partial charge < -0.3 is 15.0 Å². The standard InChI is InChI=1S/C24H23BrN2O3/c1-3-14-30-22-13-12-18(25)16-21(22)23(28)26-19-9-7-8-17(15-19)24(29)27(2)20-10-5-4-6-11-20/h4-13,15-16H,3,14H2,1-2H3,(H,26,28). The second-order valence-corrected chi connectivity index (χ2v) is 7.64. The van der Waals surface area contributed by atoms with Gasteiger partial charge in [-0.2, -0.15) is 0 Å². The highest BCUT2D eigenvalue weighted by atomic mass is 79.9. The number of rotatable bonds is 7. The summed E-state index contributed by atoms with van der Waals surface area (Å²) in [5.41, 5.74) is 2.24. The number of para-hydroxylation sites is 1. The molecule has 0 radical (unpaired) electrons. The Morgan fingerprint density at radius 2 is 1.77 bits per heavy atom. The topological polar surface area (TPSA) is 58.6 Å². The highest BCUT2D eigenvalue weighted by molar-refractivity contribution is 9.10. The summed E-state index contributed by atoms with van der Waals surface area (Å²) in [5, 5.41) is 2.87. The Morgan fingerprint density at radius 1 is 1.00 bits per heavy atom. The van der Waals surface area contributed by atoms with Crippen LogP contribution in [0.15, 0.2) is 77.3 Å². The minimum Gasteiger partial charge on any atom is -0.493 e. The molecule has 0 saturated heterocycles. The molecule has 6 heteroatoms. The van der Waals surface area contributed by atoms with Crippen LogP contribution in [0.3, 0.4) is 0 Å². The summed E-state index contributed by atoms with van der Waals surface area (Å²) in [6, 6.07) is 21.6. The third kappa shape index (κ3) is 5.27. The highest BCUT2D eigenvalue weighted by Gasteiger charge is 2.16. The number of amides is 2. The van der Waals surface area contributed by atoms with Gasteiger partial charge >= 0.3 is 0 Å². The molecule has 0 aliphatic heterocycles. The van der Waals surface area contributed by atoms with Crippen molar-refractivity contribution in [3.05, 3.63) is 88.4 Å². The number of anilines is 2. The van der Waals surface area contributed by atoms with Crippen molar-refractivity contribution in [1.82, 2.24) is 0 Å². The maximum Gasteiger partial charge on any atom is 0.259 e. The van der Waals surface area contributed by atoms with Gasteiger partial charge in [0.1, 0.15) is 5.75 Å². The molecule has 0 aliphatic carbocycles. The van der Waals surface area contributed by atoms with Gasteiger partial charge in [0.15, 0.2) is 0 Å². The summed E-state index contributed by atoms with van der Waals surface area (Å²) >= 11 is 3.40. The van der Waals surface area contributed by atoms with Gasteiger partial charge in [0, 0.05) is 28.5 Å². The van der Waals surface area contributed by atoms with Crippen molar-refractivity contribution in [3.63, 3.8) is 0 Å². The van der Waals surface area contributed by atoms with Crippen LogP contribution in [0.25, 0.3) is 0 Å². The first-order valence-corrected chi connectivity index (χ1v) is 10.5. The van der Waals surface area contributed by atoms with Gasteiger partial charge in [0.05, 0.1) is 12.2 Å². The van der Waals surface area contributed by atoms with Crippen LogP contribution in [0, 0.1) is 0 Å². The van der Waals surface area contributed by atoms with Crippen molar-refractivity contribution in [2.75, 3.05) is 23.9 Å². The summed E-state index contributed by atoms with van der Waals surface area (Å²) in [6.07, 6.45) is 0.843. The van der Waals surface area contributed by atoms with Gasteiger partial charge in [-0.25, -0.2) is 0 Å². The van der Waals surface area contributed by atoms with Crippen LogP contribution >= 0.6 is 15.9 Å². The molecule has 0 unspecified atom stereocenters. The van der Waals surface area contributed by atoms with Crippen LogP contribution in [0.1, 0.15) is 34.1 Å². The van der Waals surface area contributed by atoms with Crippen molar-refractivity contribution >= 4 is 39.1 Å². The first kappa shape index (κ1) is 21.6. The smallest absolute Gasteiger partial charge is 0.259 e. The second-order valence-electron chi connectivity index (χ2n) is 6.72. The lowest BCUT2D eigenvalue weighted by Crippen LogP contribution is -2.26. The Bertz CT molecular complexity index is 1040. The summed E-state index contributed by atoms with van der Waals surface area (Å²) in [6.45, 7) is 2.53. The number of benzene rings is 3. The van der Waals surface area contributed by atoms with Crippen molar-refractivity contribution in [1.29, 1.82) is 0 Å². The lowest BCUT2D eigenvalue weighted by molar-refractivity contribution is 0.0989. The monoisotopic (exact) mass is 466 g/mol. The molecule has 30 heavy (non-hydrogen) atoms. The van der Waals surface area contributed by atoms with Crippen molar-refractivity contribution < 1.29 is 14.3 Å². The number of hydrogen-bond donors (Lipinski definition) is 1. The zero-order chi connectivity index (χ0) is 21.5. The van der Waals surface area contributed by atoms with E-state index in [1.165, 1.54) is 0 Å². The van der Waals surface area contributed by atoms with Crippen LogP contribution in [0.4, 0.5) is 11.4 Å². The average molecular weight is 467 g/mol. The number of carbonyl (C=O) groups is 2. The molecular weight excluding hydrogens is 444 g/mol. The van der Waals surface area contributed by atoms with E-state index in [0.29, 0.717) is 29.2 Å². The lowest BCUT2D eigenvalue weighted by Gasteiger charge is -2.18. The number of nitrogens with one attached hydrogen (secondary N) is 1. The molecule has 5 nitrogen and oxygen atoms in total. The van der Waals surface area contributed by atoms with Gasteiger partial charge in [0.2, 0.25) is 0 Å². The summed E-state index contributed by atoms with van der Waals surface area (Å²) in [7, 11) is 1.72.